The Hall–Kier alpha value is -2.28. The lowest BCUT2D eigenvalue weighted by atomic mass is 9.93. The molecule has 0 aromatic heterocycles. The average molecular weight is 323 g/mol. The summed E-state index contributed by atoms with van der Waals surface area (Å²) in [6.07, 6.45) is -0.0158. The van der Waals surface area contributed by atoms with Crippen molar-refractivity contribution >= 4 is 11.9 Å². The topological polar surface area (TPSA) is 85.3 Å². The number of carboxylic acids is 1. The summed E-state index contributed by atoms with van der Waals surface area (Å²) in [5.41, 5.74) is 0.706. The minimum Gasteiger partial charge on any atom is -0.493 e. The second-order valence-corrected chi connectivity index (χ2v) is 5.29. The summed E-state index contributed by atoms with van der Waals surface area (Å²) < 4.78 is 15.5. The first-order chi connectivity index (χ1) is 11.0. The lowest BCUT2D eigenvalue weighted by Crippen LogP contribution is -2.33. The number of rotatable bonds is 7. The van der Waals surface area contributed by atoms with E-state index in [1.165, 1.54) is 14.2 Å². The highest BCUT2D eigenvalue weighted by Gasteiger charge is 2.44. The van der Waals surface area contributed by atoms with Gasteiger partial charge in [-0.15, -0.1) is 0 Å². The summed E-state index contributed by atoms with van der Waals surface area (Å²) in [6.45, 7) is 0.694. The number of carbonyl (C=O) groups excluding carboxylic acids is 1. The van der Waals surface area contributed by atoms with E-state index in [0.717, 1.165) is 0 Å². The van der Waals surface area contributed by atoms with Gasteiger partial charge in [0.05, 0.1) is 32.8 Å². The molecule has 0 saturated carbocycles. The van der Waals surface area contributed by atoms with Crippen molar-refractivity contribution in [1.29, 1.82) is 0 Å². The maximum Gasteiger partial charge on any atom is 0.309 e. The van der Waals surface area contributed by atoms with Crippen molar-refractivity contribution in [2.45, 2.75) is 12.5 Å². The number of nitrogens with zero attached hydrogens (tertiary/aromatic N) is 1. The lowest BCUT2D eigenvalue weighted by Gasteiger charge is -2.27. The quantitative estimate of drug-likeness (QED) is 0.815. The molecule has 7 heteroatoms. The monoisotopic (exact) mass is 323 g/mol. The highest BCUT2D eigenvalue weighted by atomic mass is 16.5. The van der Waals surface area contributed by atoms with Crippen LogP contribution in [0.15, 0.2) is 18.2 Å². The molecule has 1 N–H and O–H groups in total. The van der Waals surface area contributed by atoms with Gasteiger partial charge in [0.25, 0.3) is 0 Å². The van der Waals surface area contributed by atoms with E-state index < -0.39 is 17.9 Å². The van der Waals surface area contributed by atoms with Gasteiger partial charge in [0.15, 0.2) is 11.5 Å². The molecule has 126 valence electrons. The smallest absolute Gasteiger partial charge is 0.309 e. The summed E-state index contributed by atoms with van der Waals surface area (Å²) in [5.74, 6) is -0.916. The first kappa shape index (κ1) is 17.1. The second-order valence-electron chi connectivity index (χ2n) is 5.29. The first-order valence-electron chi connectivity index (χ1n) is 7.26. The van der Waals surface area contributed by atoms with Gasteiger partial charge in [0, 0.05) is 20.1 Å². The number of hydrogen-bond acceptors (Lipinski definition) is 5. The molecule has 1 aliphatic rings. The van der Waals surface area contributed by atoms with Crippen LogP contribution in [-0.4, -0.2) is 56.4 Å². The van der Waals surface area contributed by atoms with Crippen molar-refractivity contribution in [3.8, 4) is 11.5 Å². The minimum atomic E-state index is -0.988. The Morgan fingerprint density at radius 3 is 2.52 bits per heavy atom. The zero-order valence-corrected chi connectivity index (χ0v) is 13.4. The van der Waals surface area contributed by atoms with Gasteiger partial charge in [-0.1, -0.05) is 6.07 Å². The summed E-state index contributed by atoms with van der Waals surface area (Å²) in [4.78, 5) is 25.3. The van der Waals surface area contributed by atoms with Crippen LogP contribution in [0.25, 0.3) is 0 Å². The molecule has 2 atom stereocenters. The van der Waals surface area contributed by atoms with Crippen molar-refractivity contribution in [1.82, 2.24) is 4.90 Å². The first-order valence-corrected chi connectivity index (χ1v) is 7.26. The normalized spacial score (nSPS) is 20.7. The van der Waals surface area contributed by atoms with E-state index in [0.29, 0.717) is 30.2 Å². The molecule has 1 fully saturated rings. The van der Waals surface area contributed by atoms with Crippen molar-refractivity contribution < 1.29 is 28.9 Å². The van der Waals surface area contributed by atoms with Crippen LogP contribution >= 0.6 is 0 Å². The van der Waals surface area contributed by atoms with Gasteiger partial charge < -0.3 is 24.2 Å². The molecule has 1 aliphatic heterocycles. The van der Waals surface area contributed by atoms with Gasteiger partial charge in [-0.3, -0.25) is 9.59 Å². The molecule has 1 heterocycles. The Bertz CT molecular complexity index is 588. The Balaban J connectivity index is 2.41. The number of benzene rings is 1. The molecule has 0 spiro atoms. The van der Waals surface area contributed by atoms with Crippen LogP contribution in [0, 0.1) is 5.92 Å². The van der Waals surface area contributed by atoms with E-state index in [1.54, 1.807) is 30.2 Å². The molecule has 0 bridgehead atoms. The number of hydrogen-bond donors (Lipinski definition) is 1. The Morgan fingerprint density at radius 1 is 1.26 bits per heavy atom. The molecule has 0 radical (unpaired) electrons. The third-order valence-electron chi connectivity index (χ3n) is 4.03. The molecule has 1 aromatic carbocycles. The Labute approximate surface area is 134 Å². The van der Waals surface area contributed by atoms with Gasteiger partial charge in [-0.25, -0.2) is 0 Å². The summed E-state index contributed by atoms with van der Waals surface area (Å²) in [7, 11) is 4.58. The standard InChI is InChI=1S/C16H21NO6/c1-21-7-6-17-14(18)9-11(16(19)20)15(17)10-4-5-12(22-2)13(8-10)23-3/h4-5,8,11,15H,6-7,9H2,1-3H3,(H,19,20)/t11-,15+/m1/s1. The third-order valence-corrected chi connectivity index (χ3v) is 4.03. The van der Waals surface area contributed by atoms with E-state index in [9.17, 15) is 14.7 Å². The fourth-order valence-electron chi connectivity index (χ4n) is 2.91. The largest absolute Gasteiger partial charge is 0.493 e. The van der Waals surface area contributed by atoms with Crippen LogP contribution in [0.5, 0.6) is 11.5 Å². The van der Waals surface area contributed by atoms with Crippen molar-refractivity contribution in [3.05, 3.63) is 23.8 Å². The molecule has 7 nitrogen and oxygen atoms in total. The van der Waals surface area contributed by atoms with E-state index in [4.69, 9.17) is 14.2 Å². The van der Waals surface area contributed by atoms with E-state index in [1.807, 2.05) is 0 Å². The fraction of sp³-hybridized carbons (Fsp3) is 0.500. The highest BCUT2D eigenvalue weighted by molar-refractivity contribution is 5.87. The molecular formula is C16H21NO6. The molecule has 0 aliphatic carbocycles. The third kappa shape index (κ3) is 3.39. The zero-order chi connectivity index (χ0) is 17.0. The van der Waals surface area contributed by atoms with Crippen LogP contribution in [-0.2, 0) is 14.3 Å². The fourth-order valence-corrected chi connectivity index (χ4v) is 2.91. The Morgan fingerprint density at radius 2 is 1.96 bits per heavy atom. The second kappa shape index (κ2) is 7.32. The van der Waals surface area contributed by atoms with Gasteiger partial charge in [0.1, 0.15) is 0 Å². The number of likely N-dealkylation sites (tertiary alicyclic amines) is 1. The maximum absolute atomic E-state index is 12.2. The predicted octanol–water partition coefficient (Wildman–Crippen LogP) is 1.32. The van der Waals surface area contributed by atoms with Crippen LogP contribution in [0.3, 0.4) is 0 Å². The molecule has 1 saturated heterocycles. The van der Waals surface area contributed by atoms with Gasteiger partial charge in [0.2, 0.25) is 5.91 Å². The number of carbonyl (C=O) groups is 2. The highest BCUT2D eigenvalue weighted by Crippen LogP contribution is 2.41. The van der Waals surface area contributed by atoms with Crippen molar-refractivity contribution in [2.24, 2.45) is 5.92 Å². The minimum absolute atomic E-state index is 0.0158. The van der Waals surface area contributed by atoms with E-state index >= 15 is 0 Å². The molecule has 1 amide bonds. The van der Waals surface area contributed by atoms with Crippen LogP contribution in [0.1, 0.15) is 18.0 Å². The molecule has 23 heavy (non-hydrogen) atoms. The van der Waals surface area contributed by atoms with Crippen LogP contribution in [0.4, 0.5) is 0 Å². The van der Waals surface area contributed by atoms with Gasteiger partial charge >= 0.3 is 5.97 Å². The molecule has 1 aromatic rings. The molecular weight excluding hydrogens is 302 g/mol. The van der Waals surface area contributed by atoms with Gasteiger partial charge in [-0.05, 0) is 17.7 Å². The number of methoxy groups -OCH3 is 3. The summed E-state index contributed by atoms with van der Waals surface area (Å²) >= 11 is 0. The Kier molecular flexibility index (Phi) is 5.44. The summed E-state index contributed by atoms with van der Waals surface area (Å²) in [5, 5.41) is 9.47. The maximum atomic E-state index is 12.2. The van der Waals surface area contributed by atoms with Crippen LogP contribution < -0.4 is 9.47 Å². The lowest BCUT2D eigenvalue weighted by molar-refractivity contribution is -0.142. The van der Waals surface area contributed by atoms with Crippen LogP contribution in [0.2, 0.25) is 0 Å². The SMILES string of the molecule is COCCN1C(=O)C[C@@H](C(=O)O)[C@@H]1c1ccc(OC)c(OC)c1. The zero-order valence-electron chi connectivity index (χ0n) is 13.4. The molecule has 0 unspecified atom stereocenters. The number of amides is 1. The number of aliphatic carboxylic acids is 1. The van der Waals surface area contributed by atoms with Crippen molar-refractivity contribution in [3.63, 3.8) is 0 Å². The van der Waals surface area contributed by atoms with Crippen molar-refractivity contribution in [2.75, 3.05) is 34.5 Å². The van der Waals surface area contributed by atoms with E-state index in [-0.39, 0.29) is 12.3 Å². The van der Waals surface area contributed by atoms with E-state index in [2.05, 4.69) is 0 Å². The number of carboxylic acid groups (broad SMARTS) is 1. The number of ether oxygens (including phenoxy) is 3. The predicted molar refractivity (Wildman–Crippen MR) is 81.6 cm³/mol. The summed E-state index contributed by atoms with van der Waals surface area (Å²) in [6, 6.07) is 4.65. The van der Waals surface area contributed by atoms with Gasteiger partial charge in [-0.2, -0.15) is 0 Å². The molecule has 2 rings (SSSR count). The average Bonchev–Trinajstić information content (AvgIpc) is 2.89.